The van der Waals surface area contributed by atoms with Gasteiger partial charge >= 0.3 is 0 Å². The van der Waals surface area contributed by atoms with Gasteiger partial charge in [0.1, 0.15) is 0 Å². The van der Waals surface area contributed by atoms with Crippen molar-refractivity contribution in [3.63, 3.8) is 0 Å². The minimum atomic E-state index is 0.0427. The molecule has 2 aromatic rings. The van der Waals surface area contributed by atoms with Crippen LogP contribution in [0.15, 0.2) is 18.2 Å². The van der Waals surface area contributed by atoms with Crippen molar-refractivity contribution >= 4 is 38.3 Å². The van der Waals surface area contributed by atoms with E-state index >= 15 is 0 Å². The van der Waals surface area contributed by atoms with Gasteiger partial charge in [0.15, 0.2) is 5.13 Å². The summed E-state index contributed by atoms with van der Waals surface area (Å²) >= 11 is 1.67. The average Bonchev–Trinajstić information content (AvgIpc) is 2.99. The molecule has 1 saturated heterocycles. The lowest BCUT2D eigenvalue weighted by Crippen LogP contribution is -2.36. The Labute approximate surface area is 140 Å². The highest BCUT2D eigenvalue weighted by molar-refractivity contribution is 7.22. The number of benzene rings is 1. The SMILES string of the molecule is CCCC(C)C(=O)Nc1ccc2nc(N3CCOCC3)sc2c1. The molecule has 1 aromatic heterocycles. The smallest absolute Gasteiger partial charge is 0.227 e. The molecule has 0 spiro atoms. The van der Waals surface area contributed by atoms with Crippen LogP contribution in [0.25, 0.3) is 10.2 Å². The van der Waals surface area contributed by atoms with Crippen LogP contribution in [0, 0.1) is 5.92 Å². The van der Waals surface area contributed by atoms with E-state index in [1.165, 1.54) is 0 Å². The maximum Gasteiger partial charge on any atom is 0.227 e. The number of nitrogens with one attached hydrogen (secondary N) is 1. The lowest BCUT2D eigenvalue weighted by Gasteiger charge is -2.25. The normalized spacial score (nSPS) is 16.5. The van der Waals surface area contributed by atoms with Crippen molar-refractivity contribution in [2.75, 3.05) is 36.5 Å². The van der Waals surface area contributed by atoms with Crippen molar-refractivity contribution in [3.05, 3.63) is 18.2 Å². The zero-order chi connectivity index (χ0) is 16.2. The summed E-state index contributed by atoms with van der Waals surface area (Å²) in [4.78, 5) is 19.1. The summed E-state index contributed by atoms with van der Waals surface area (Å²) in [6.45, 7) is 7.36. The number of ether oxygens (including phenoxy) is 1. The Morgan fingerprint density at radius 3 is 2.96 bits per heavy atom. The van der Waals surface area contributed by atoms with Gasteiger partial charge in [0.2, 0.25) is 5.91 Å². The molecular weight excluding hydrogens is 310 g/mol. The number of hydrogen-bond donors (Lipinski definition) is 1. The van der Waals surface area contributed by atoms with E-state index in [4.69, 9.17) is 9.72 Å². The summed E-state index contributed by atoms with van der Waals surface area (Å²) in [6.07, 6.45) is 1.93. The maximum absolute atomic E-state index is 12.1. The van der Waals surface area contributed by atoms with Gasteiger partial charge in [0, 0.05) is 24.7 Å². The minimum absolute atomic E-state index is 0.0427. The van der Waals surface area contributed by atoms with Crippen molar-refractivity contribution in [1.82, 2.24) is 4.98 Å². The molecule has 1 atom stereocenters. The lowest BCUT2D eigenvalue weighted by atomic mass is 10.1. The summed E-state index contributed by atoms with van der Waals surface area (Å²) < 4.78 is 6.49. The highest BCUT2D eigenvalue weighted by Crippen LogP contribution is 2.31. The number of thiazole rings is 1. The standard InChI is InChI=1S/C17H23N3O2S/c1-3-4-12(2)16(21)18-13-5-6-14-15(11-13)23-17(19-14)20-7-9-22-10-8-20/h5-6,11-12H,3-4,7-10H2,1-2H3,(H,18,21). The Morgan fingerprint density at radius 2 is 2.22 bits per heavy atom. The van der Waals surface area contributed by atoms with Crippen LogP contribution in [0.5, 0.6) is 0 Å². The summed E-state index contributed by atoms with van der Waals surface area (Å²) in [5, 5.41) is 4.05. The first kappa shape index (κ1) is 16.2. The van der Waals surface area contributed by atoms with Gasteiger partial charge < -0.3 is 15.0 Å². The molecule has 6 heteroatoms. The summed E-state index contributed by atoms with van der Waals surface area (Å²) in [6, 6.07) is 5.94. The topological polar surface area (TPSA) is 54.5 Å². The average molecular weight is 333 g/mol. The fourth-order valence-electron chi connectivity index (χ4n) is 2.71. The number of rotatable bonds is 5. The molecular formula is C17H23N3O2S. The van der Waals surface area contributed by atoms with Crippen LogP contribution in [-0.4, -0.2) is 37.2 Å². The van der Waals surface area contributed by atoms with Crippen LogP contribution in [0.1, 0.15) is 26.7 Å². The maximum atomic E-state index is 12.1. The van der Waals surface area contributed by atoms with Gasteiger partial charge in [-0.2, -0.15) is 0 Å². The molecule has 0 bridgehead atoms. The molecule has 0 radical (unpaired) electrons. The fourth-order valence-corrected chi connectivity index (χ4v) is 3.77. The quantitative estimate of drug-likeness (QED) is 0.910. The van der Waals surface area contributed by atoms with Crippen LogP contribution < -0.4 is 10.2 Å². The van der Waals surface area contributed by atoms with Gasteiger partial charge in [-0.1, -0.05) is 31.6 Å². The first-order chi connectivity index (χ1) is 11.2. The van der Waals surface area contributed by atoms with Crippen LogP contribution in [0.4, 0.5) is 10.8 Å². The van der Waals surface area contributed by atoms with Crippen molar-refractivity contribution in [1.29, 1.82) is 0 Å². The molecule has 3 rings (SSSR count). The van der Waals surface area contributed by atoms with Gasteiger partial charge in [-0.15, -0.1) is 0 Å². The molecule has 1 N–H and O–H groups in total. The number of morpholine rings is 1. The Balaban J connectivity index is 1.75. The number of aromatic nitrogens is 1. The van der Waals surface area contributed by atoms with Gasteiger partial charge in [0.25, 0.3) is 0 Å². The van der Waals surface area contributed by atoms with Crippen molar-refractivity contribution in [2.45, 2.75) is 26.7 Å². The summed E-state index contributed by atoms with van der Waals surface area (Å²) in [7, 11) is 0. The van der Waals surface area contributed by atoms with Crippen LogP contribution in [0.3, 0.4) is 0 Å². The predicted octanol–water partition coefficient (Wildman–Crippen LogP) is 3.51. The van der Waals surface area contributed by atoms with Gasteiger partial charge in [-0.05, 0) is 24.6 Å². The highest BCUT2D eigenvalue weighted by atomic mass is 32.1. The largest absolute Gasteiger partial charge is 0.378 e. The molecule has 2 heterocycles. The highest BCUT2D eigenvalue weighted by Gasteiger charge is 2.16. The van der Waals surface area contributed by atoms with E-state index in [9.17, 15) is 4.79 Å². The van der Waals surface area contributed by atoms with E-state index in [1.54, 1.807) is 11.3 Å². The first-order valence-corrected chi connectivity index (χ1v) is 9.03. The van der Waals surface area contributed by atoms with E-state index in [0.717, 1.165) is 60.2 Å². The molecule has 1 aliphatic rings. The second kappa shape index (κ2) is 7.27. The van der Waals surface area contributed by atoms with E-state index in [-0.39, 0.29) is 11.8 Å². The first-order valence-electron chi connectivity index (χ1n) is 8.21. The summed E-state index contributed by atoms with van der Waals surface area (Å²) in [5.41, 5.74) is 1.83. The predicted molar refractivity (Wildman–Crippen MR) is 95.4 cm³/mol. The third kappa shape index (κ3) is 3.82. The molecule has 0 aliphatic carbocycles. The van der Waals surface area contributed by atoms with Gasteiger partial charge in [-0.3, -0.25) is 4.79 Å². The molecule has 0 saturated carbocycles. The number of nitrogens with zero attached hydrogens (tertiary/aromatic N) is 2. The molecule has 1 aromatic carbocycles. The van der Waals surface area contributed by atoms with Crippen molar-refractivity contribution in [3.8, 4) is 0 Å². The van der Waals surface area contributed by atoms with E-state index in [2.05, 4.69) is 17.1 Å². The van der Waals surface area contributed by atoms with Gasteiger partial charge in [0.05, 0.1) is 23.4 Å². The number of fused-ring (bicyclic) bond motifs is 1. The lowest BCUT2D eigenvalue weighted by molar-refractivity contribution is -0.119. The Morgan fingerprint density at radius 1 is 1.43 bits per heavy atom. The van der Waals surface area contributed by atoms with Crippen molar-refractivity contribution < 1.29 is 9.53 Å². The molecule has 23 heavy (non-hydrogen) atoms. The zero-order valence-corrected chi connectivity index (χ0v) is 14.5. The van der Waals surface area contributed by atoms with Crippen LogP contribution >= 0.6 is 11.3 Å². The number of anilines is 2. The van der Waals surface area contributed by atoms with E-state index in [1.807, 2.05) is 25.1 Å². The Bertz CT molecular complexity index is 680. The third-order valence-electron chi connectivity index (χ3n) is 4.10. The second-order valence-electron chi connectivity index (χ2n) is 5.96. The zero-order valence-electron chi connectivity index (χ0n) is 13.7. The number of carbonyl (C=O) groups is 1. The Kier molecular flexibility index (Phi) is 5.13. The molecule has 1 fully saturated rings. The molecule has 124 valence electrons. The van der Waals surface area contributed by atoms with E-state index in [0.29, 0.717) is 0 Å². The summed E-state index contributed by atoms with van der Waals surface area (Å²) in [5.74, 6) is 0.130. The number of carbonyl (C=O) groups excluding carboxylic acids is 1. The number of hydrogen-bond acceptors (Lipinski definition) is 5. The van der Waals surface area contributed by atoms with E-state index < -0.39 is 0 Å². The third-order valence-corrected chi connectivity index (χ3v) is 5.17. The molecule has 1 unspecified atom stereocenters. The minimum Gasteiger partial charge on any atom is -0.378 e. The number of amides is 1. The second-order valence-corrected chi connectivity index (χ2v) is 6.97. The van der Waals surface area contributed by atoms with Crippen LogP contribution in [0.2, 0.25) is 0 Å². The Hall–Kier alpha value is -1.66. The fraction of sp³-hybridized carbons (Fsp3) is 0.529. The molecule has 1 amide bonds. The van der Waals surface area contributed by atoms with Gasteiger partial charge in [-0.25, -0.2) is 4.98 Å². The molecule has 5 nitrogen and oxygen atoms in total. The monoisotopic (exact) mass is 333 g/mol. The van der Waals surface area contributed by atoms with Crippen LogP contribution in [-0.2, 0) is 9.53 Å². The molecule has 1 aliphatic heterocycles. The van der Waals surface area contributed by atoms with Crippen molar-refractivity contribution in [2.24, 2.45) is 5.92 Å².